The molecule has 0 aromatic carbocycles. The summed E-state index contributed by atoms with van der Waals surface area (Å²) in [6.07, 6.45) is 40.8. The third-order valence-corrected chi connectivity index (χ3v) is 9.66. The highest BCUT2D eigenvalue weighted by atomic mass is 31.2. The number of carbonyl (C=O) groups excluding carboxylic acids is 2. The van der Waals surface area contributed by atoms with Gasteiger partial charge in [-0.15, -0.1) is 0 Å². The molecule has 0 fully saturated rings. The normalized spacial score (nSPS) is 14.4. The quantitative estimate of drug-likeness (QED) is 0.0238. The fraction of sp³-hybridized carbons (Fsp3) is 0.767. The molecule has 0 heterocycles. The summed E-state index contributed by atoms with van der Waals surface area (Å²) in [7, 11) is -4.63. The molecule has 0 spiro atoms. The minimum atomic E-state index is -4.63. The van der Waals surface area contributed by atoms with Crippen LogP contribution in [-0.4, -0.2) is 65.7 Å². The van der Waals surface area contributed by atoms with Crippen LogP contribution in [0, 0.1) is 0 Å². The number of carbonyl (C=O) groups is 2. The molecular formula is C43H77O10P. The van der Waals surface area contributed by atoms with Crippen LogP contribution in [0.2, 0.25) is 0 Å². The van der Waals surface area contributed by atoms with Crippen molar-refractivity contribution in [2.24, 2.45) is 0 Å². The van der Waals surface area contributed by atoms with E-state index in [0.29, 0.717) is 19.3 Å². The minimum absolute atomic E-state index is 0.110. The van der Waals surface area contributed by atoms with Crippen LogP contribution in [0.15, 0.2) is 48.6 Å². The van der Waals surface area contributed by atoms with Gasteiger partial charge in [0.15, 0.2) is 6.10 Å². The molecule has 54 heavy (non-hydrogen) atoms. The van der Waals surface area contributed by atoms with Crippen LogP contribution in [0.25, 0.3) is 0 Å². The number of esters is 2. The molecule has 10 nitrogen and oxygen atoms in total. The van der Waals surface area contributed by atoms with E-state index in [-0.39, 0.29) is 19.4 Å². The van der Waals surface area contributed by atoms with E-state index in [0.717, 1.165) is 57.8 Å². The number of aliphatic hydroxyl groups excluding tert-OH is 2. The van der Waals surface area contributed by atoms with Crippen LogP contribution in [0.4, 0.5) is 0 Å². The van der Waals surface area contributed by atoms with Crippen molar-refractivity contribution < 1.29 is 47.8 Å². The second-order valence-electron chi connectivity index (χ2n) is 14.0. The van der Waals surface area contributed by atoms with Gasteiger partial charge in [0, 0.05) is 12.8 Å². The summed E-state index contributed by atoms with van der Waals surface area (Å²) in [5.41, 5.74) is 0. The van der Waals surface area contributed by atoms with Crippen molar-refractivity contribution in [2.75, 3.05) is 26.4 Å². The van der Waals surface area contributed by atoms with Crippen LogP contribution in [0.3, 0.4) is 0 Å². The number of hydrogen-bond acceptors (Lipinski definition) is 9. The Morgan fingerprint density at radius 1 is 0.556 bits per heavy atom. The summed E-state index contributed by atoms with van der Waals surface area (Å²) in [4.78, 5) is 34.9. The Kier molecular flexibility index (Phi) is 37.7. The van der Waals surface area contributed by atoms with Crippen LogP contribution in [-0.2, 0) is 32.7 Å². The first-order chi connectivity index (χ1) is 26.2. The molecule has 0 saturated heterocycles. The lowest BCUT2D eigenvalue weighted by Crippen LogP contribution is -2.29. The van der Waals surface area contributed by atoms with Crippen molar-refractivity contribution in [1.82, 2.24) is 0 Å². The van der Waals surface area contributed by atoms with Crippen molar-refractivity contribution in [3.63, 3.8) is 0 Å². The van der Waals surface area contributed by atoms with E-state index in [9.17, 15) is 24.2 Å². The van der Waals surface area contributed by atoms with Gasteiger partial charge in [-0.25, -0.2) is 4.57 Å². The zero-order valence-electron chi connectivity index (χ0n) is 33.9. The zero-order chi connectivity index (χ0) is 39.8. The number of rotatable bonds is 39. The van der Waals surface area contributed by atoms with Crippen LogP contribution in [0.5, 0.6) is 0 Å². The van der Waals surface area contributed by atoms with Gasteiger partial charge in [0.1, 0.15) is 12.7 Å². The average molecular weight is 785 g/mol. The first kappa shape index (κ1) is 51.9. The lowest BCUT2D eigenvalue weighted by Gasteiger charge is -2.20. The summed E-state index contributed by atoms with van der Waals surface area (Å²) < 4.78 is 32.6. The lowest BCUT2D eigenvalue weighted by molar-refractivity contribution is -0.161. The highest BCUT2D eigenvalue weighted by Crippen LogP contribution is 2.43. The molecule has 0 aliphatic carbocycles. The monoisotopic (exact) mass is 785 g/mol. The van der Waals surface area contributed by atoms with Gasteiger partial charge < -0.3 is 24.6 Å². The second-order valence-corrected chi connectivity index (χ2v) is 15.5. The molecule has 0 bridgehead atoms. The van der Waals surface area contributed by atoms with Crippen LogP contribution < -0.4 is 0 Å². The Morgan fingerprint density at radius 3 is 1.52 bits per heavy atom. The number of hydrogen-bond donors (Lipinski definition) is 3. The lowest BCUT2D eigenvalue weighted by atomic mass is 10.1. The predicted octanol–water partition coefficient (Wildman–Crippen LogP) is 10.9. The smallest absolute Gasteiger partial charge is 0.462 e. The molecule has 0 radical (unpaired) electrons. The standard InChI is InChI=1S/C43H77O10P/c1-3-5-7-9-11-13-15-17-19-20-21-23-25-27-29-31-33-35-43(47)53-41(39-52-54(48,49)51-37-40(45)36-44)38-50-42(46)34-32-30-28-26-24-22-18-16-14-12-10-8-6-4-2/h16-19,21,23,27,29,40-41,44-45H,3-15,20,22,24-26,28,30-39H2,1-2H3,(H,48,49)/b18-16+,19-17+,23-21+,29-27+/t40-,41+/m0/s1. The Bertz CT molecular complexity index is 1040. The minimum Gasteiger partial charge on any atom is -0.462 e. The number of ether oxygens (including phenoxy) is 2. The fourth-order valence-corrected chi connectivity index (χ4v) is 6.20. The van der Waals surface area contributed by atoms with E-state index in [4.69, 9.17) is 19.1 Å². The predicted molar refractivity (Wildman–Crippen MR) is 219 cm³/mol. The Balaban J connectivity index is 4.42. The molecule has 0 aliphatic rings. The average Bonchev–Trinajstić information content (AvgIpc) is 3.16. The van der Waals surface area contributed by atoms with Gasteiger partial charge >= 0.3 is 19.8 Å². The van der Waals surface area contributed by atoms with Crippen molar-refractivity contribution in [3.05, 3.63) is 48.6 Å². The third kappa shape index (κ3) is 38.2. The first-order valence-electron chi connectivity index (χ1n) is 21.1. The highest BCUT2D eigenvalue weighted by molar-refractivity contribution is 7.47. The van der Waals surface area contributed by atoms with Crippen molar-refractivity contribution >= 4 is 19.8 Å². The largest absolute Gasteiger partial charge is 0.472 e. The van der Waals surface area contributed by atoms with E-state index < -0.39 is 51.8 Å². The van der Waals surface area contributed by atoms with Gasteiger partial charge in [-0.05, 0) is 70.6 Å². The first-order valence-corrected chi connectivity index (χ1v) is 22.6. The van der Waals surface area contributed by atoms with Gasteiger partial charge in [0.05, 0.1) is 19.8 Å². The van der Waals surface area contributed by atoms with E-state index >= 15 is 0 Å². The summed E-state index contributed by atoms with van der Waals surface area (Å²) in [5, 5.41) is 18.3. The van der Waals surface area contributed by atoms with Gasteiger partial charge in [-0.2, -0.15) is 0 Å². The van der Waals surface area contributed by atoms with Crippen molar-refractivity contribution in [3.8, 4) is 0 Å². The Hall–Kier alpha value is -2.07. The summed E-state index contributed by atoms with van der Waals surface area (Å²) in [5.74, 6) is -0.998. The van der Waals surface area contributed by atoms with E-state index in [2.05, 4.69) is 60.9 Å². The van der Waals surface area contributed by atoms with Gasteiger partial charge in [0.2, 0.25) is 0 Å². The number of phosphoric ester groups is 1. The Labute approximate surface area is 328 Å². The number of aliphatic hydroxyl groups is 2. The molecule has 1 unspecified atom stereocenters. The van der Waals surface area contributed by atoms with E-state index in [1.165, 1.54) is 70.6 Å². The molecule has 3 atom stereocenters. The maximum Gasteiger partial charge on any atom is 0.472 e. The summed E-state index contributed by atoms with van der Waals surface area (Å²) >= 11 is 0. The van der Waals surface area contributed by atoms with Crippen LogP contribution in [0.1, 0.15) is 174 Å². The highest BCUT2D eigenvalue weighted by Gasteiger charge is 2.27. The van der Waals surface area contributed by atoms with Crippen molar-refractivity contribution in [1.29, 1.82) is 0 Å². The molecule has 314 valence electrons. The van der Waals surface area contributed by atoms with E-state index in [1.807, 2.05) is 6.08 Å². The Morgan fingerprint density at radius 2 is 0.981 bits per heavy atom. The maximum absolute atomic E-state index is 12.6. The van der Waals surface area contributed by atoms with Crippen LogP contribution >= 0.6 is 7.82 Å². The number of phosphoric acid groups is 1. The molecule has 0 rings (SSSR count). The zero-order valence-corrected chi connectivity index (χ0v) is 34.8. The van der Waals surface area contributed by atoms with Crippen molar-refractivity contribution in [2.45, 2.75) is 187 Å². The molecule has 11 heteroatoms. The molecular weight excluding hydrogens is 707 g/mol. The molecule has 0 saturated carbocycles. The third-order valence-electron chi connectivity index (χ3n) is 8.71. The molecule has 0 aliphatic heterocycles. The van der Waals surface area contributed by atoms with Gasteiger partial charge in [-0.1, -0.05) is 140 Å². The molecule has 0 aromatic rings. The molecule has 3 N–H and O–H groups in total. The van der Waals surface area contributed by atoms with Gasteiger partial charge in [0.25, 0.3) is 0 Å². The number of unbranched alkanes of at least 4 members (excludes halogenated alkanes) is 17. The van der Waals surface area contributed by atoms with Gasteiger partial charge in [-0.3, -0.25) is 18.6 Å². The summed E-state index contributed by atoms with van der Waals surface area (Å²) in [6, 6.07) is 0. The SMILES string of the molecule is CCCCCCC/C=C/CCCCCCCC(=O)OC[C@H](COP(=O)(O)OC[C@@H](O)CO)OC(=O)CCC/C=C/C/C=C/C/C=C/CCCCCCCC. The molecule has 0 amide bonds. The molecule has 0 aromatic heterocycles. The topological polar surface area (TPSA) is 149 Å². The summed E-state index contributed by atoms with van der Waals surface area (Å²) in [6.45, 7) is 2.29. The fourth-order valence-electron chi connectivity index (χ4n) is 5.41. The van der Waals surface area contributed by atoms with E-state index in [1.54, 1.807) is 0 Å². The number of allylic oxidation sites excluding steroid dienone is 8. The maximum atomic E-state index is 12.6. The second kappa shape index (κ2) is 39.2.